The van der Waals surface area contributed by atoms with Crippen LogP contribution in [0.1, 0.15) is 24.5 Å². The predicted molar refractivity (Wildman–Crippen MR) is 102 cm³/mol. The van der Waals surface area contributed by atoms with Crippen molar-refractivity contribution in [1.29, 1.82) is 0 Å². The third kappa shape index (κ3) is 3.99. The Bertz CT molecular complexity index is 1100. The number of anilines is 1. The first kappa shape index (κ1) is 23.0. The number of methoxy groups -OCH3 is 1. The minimum Gasteiger partial charge on any atom is -0.467 e. The highest BCUT2D eigenvalue weighted by atomic mass is 32.2. The standard InChI is InChI=1S/C20H19F4NO5S/c1-19(27,20(22,23)24)13-4-10-16-12(11-13)3-9-17(18(26)30-2)25(16)31(28,29)15-7-5-14(21)6-8-15/h4-8,10-11,17,27H,3,9H2,1-2H3. The molecule has 2 atom stereocenters. The summed E-state index contributed by atoms with van der Waals surface area (Å²) in [4.78, 5) is 12.0. The third-order valence-corrected chi connectivity index (χ3v) is 7.08. The van der Waals surface area contributed by atoms with E-state index in [9.17, 15) is 35.9 Å². The van der Waals surface area contributed by atoms with Crippen molar-refractivity contribution in [2.45, 2.75) is 42.5 Å². The summed E-state index contributed by atoms with van der Waals surface area (Å²) in [7, 11) is -3.30. The Morgan fingerprint density at radius 2 is 1.77 bits per heavy atom. The summed E-state index contributed by atoms with van der Waals surface area (Å²) in [5.74, 6) is -1.51. The number of nitrogens with zero attached hydrogens (tertiary/aromatic N) is 1. The molecule has 1 heterocycles. The maximum Gasteiger partial charge on any atom is 0.421 e. The summed E-state index contributed by atoms with van der Waals surface area (Å²) >= 11 is 0. The molecule has 0 aromatic heterocycles. The van der Waals surface area contributed by atoms with Crippen molar-refractivity contribution < 1.29 is 40.6 Å². The molecule has 0 bridgehead atoms. The van der Waals surface area contributed by atoms with Crippen LogP contribution in [0.2, 0.25) is 0 Å². The molecule has 11 heteroatoms. The molecule has 0 radical (unpaired) electrons. The number of carbonyl (C=O) groups is 1. The number of carbonyl (C=O) groups excluding carboxylic acids is 1. The van der Waals surface area contributed by atoms with E-state index in [2.05, 4.69) is 0 Å². The zero-order valence-electron chi connectivity index (χ0n) is 16.5. The second kappa shape index (κ2) is 7.79. The first-order valence-corrected chi connectivity index (χ1v) is 10.5. The fourth-order valence-electron chi connectivity index (χ4n) is 3.41. The predicted octanol–water partition coefficient (Wildman–Crippen LogP) is 3.28. The second-order valence-corrected chi connectivity index (χ2v) is 9.06. The van der Waals surface area contributed by atoms with E-state index in [4.69, 9.17) is 4.74 Å². The van der Waals surface area contributed by atoms with E-state index < -0.39 is 45.2 Å². The van der Waals surface area contributed by atoms with Gasteiger partial charge >= 0.3 is 12.1 Å². The van der Waals surface area contributed by atoms with Gasteiger partial charge in [0, 0.05) is 0 Å². The molecule has 1 aliphatic rings. The fraction of sp³-hybridized carbons (Fsp3) is 0.350. The highest BCUT2D eigenvalue weighted by molar-refractivity contribution is 7.93. The quantitative estimate of drug-likeness (QED) is 0.558. The lowest BCUT2D eigenvalue weighted by Gasteiger charge is -2.37. The molecule has 0 spiro atoms. The van der Waals surface area contributed by atoms with Crippen LogP contribution in [0.3, 0.4) is 0 Å². The van der Waals surface area contributed by atoms with Gasteiger partial charge in [-0.05, 0) is 61.2 Å². The van der Waals surface area contributed by atoms with Crippen LogP contribution < -0.4 is 4.31 Å². The number of fused-ring (bicyclic) bond motifs is 1. The van der Waals surface area contributed by atoms with Gasteiger partial charge in [-0.15, -0.1) is 0 Å². The lowest BCUT2D eigenvalue weighted by atomic mass is 9.89. The van der Waals surface area contributed by atoms with Gasteiger partial charge in [-0.25, -0.2) is 17.6 Å². The molecule has 2 aromatic rings. The van der Waals surface area contributed by atoms with Crippen LogP contribution in [0, 0.1) is 5.82 Å². The van der Waals surface area contributed by atoms with Gasteiger partial charge < -0.3 is 9.84 Å². The van der Waals surface area contributed by atoms with E-state index in [0.29, 0.717) is 6.92 Å². The minimum absolute atomic E-state index is 0.0206. The summed E-state index contributed by atoms with van der Waals surface area (Å²) < 4.78 is 85.1. The number of aryl methyl sites for hydroxylation is 1. The molecule has 0 saturated heterocycles. The lowest BCUT2D eigenvalue weighted by molar-refractivity contribution is -0.258. The van der Waals surface area contributed by atoms with Gasteiger partial charge in [0.15, 0.2) is 5.60 Å². The van der Waals surface area contributed by atoms with Gasteiger partial charge in [0.1, 0.15) is 11.9 Å². The fourth-order valence-corrected chi connectivity index (χ4v) is 5.08. The van der Waals surface area contributed by atoms with Crippen LogP contribution in [0.25, 0.3) is 0 Å². The molecule has 3 rings (SSSR count). The van der Waals surface area contributed by atoms with E-state index in [0.717, 1.165) is 53.9 Å². The van der Waals surface area contributed by atoms with Gasteiger partial charge in [0.05, 0.1) is 17.7 Å². The highest BCUT2D eigenvalue weighted by Crippen LogP contribution is 2.42. The van der Waals surface area contributed by atoms with Crippen LogP contribution in [-0.2, 0) is 31.6 Å². The summed E-state index contributed by atoms with van der Waals surface area (Å²) in [6, 6.07) is 5.81. The maximum absolute atomic E-state index is 13.3. The van der Waals surface area contributed by atoms with E-state index in [1.54, 1.807) is 0 Å². The van der Waals surface area contributed by atoms with Crippen LogP contribution in [-0.4, -0.2) is 38.8 Å². The number of alkyl halides is 3. The zero-order valence-corrected chi connectivity index (χ0v) is 17.3. The van der Waals surface area contributed by atoms with Gasteiger partial charge in [-0.2, -0.15) is 13.2 Å². The Morgan fingerprint density at radius 3 is 2.32 bits per heavy atom. The van der Waals surface area contributed by atoms with Gasteiger partial charge in [-0.3, -0.25) is 4.31 Å². The Morgan fingerprint density at radius 1 is 1.16 bits per heavy atom. The van der Waals surface area contributed by atoms with Crippen molar-refractivity contribution in [2.24, 2.45) is 0 Å². The number of rotatable bonds is 4. The molecular formula is C20H19F4NO5S. The van der Waals surface area contributed by atoms with E-state index in [1.807, 2.05) is 0 Å². The van der Waals surface area contributed by atoms with E-state index in [-0.39, 0.29) is 29.0 Å². The molecule has 0 fully saturated rings. The summed E-state index contributed by atoms with van der Waals surface area (Å²) in [5.41, 5.74) is -3.43. The Labute approximate surface area is 176 Å². The second-order valence-electron chi connectivity index (χ2n) is 7.25. The number of halogens is 4. The molecule has 0 aliphatic carbocycles. The molecule has 1 N–H and O–H groups in total. The van der Waals surface area contributed by atoms with Crippen molar-refractivity contribution in [3.05, 3.63) is 59.4 Å². The molecule has 0 amide bonds. The van der Waals surface area contributed by atoms with Crippen molar-refractivity contribution in [3.63, 3.8) is 0 Å². The summed E-state index contributed by atoms with van der Waals surface area (Å²) in [5, 5.41) is 9.97. The lowest BCUT2D eigenvalue weighted by Crippen LogP contribution is -2.48. The average Bonchev–Trinajstić information content (AvgIpc) is 2.71. The Balaban J connectivity index is 2.17. The Hall–Kier alpha value is -2.66. The first-order valence-electron chi connectivity index (χ1n) is 9.11. The summed E-state index contributed by atoms with van der Waals surface area (Å²) in [6.45, 7) is 0.599. The van der Waals surface area contributed by atoms with Gasteiger partial charge in [-0.1, -0.05) is 12.1 Å². The summed E-state index contributed by atoms with van der Waals surface area (Å²) in [6.07, 6.45) is -4.94. The molecule has 1 aliphatic heterocycles. The molecule has 2 aromatic carbocycles. The SMILES string of the molecule is COC(=O)C1CCc2cc(C(C)(O)C(F)(F)F)ccc2N1S(=O)(=O)c1ccc(F)cc1. The Kier molecular flexibility index (Phi) is 5.78. The molecule has 2 unspecified atom stereocenters. The van der Waals surface area contributed by atoms with E-state index in [1.165, 1.54) is 0 Å². The average molecular weight is 461 g/mol. The topological polar surface area (TPSA) is 83.9 Å². The number of hydrogen-bond donors (Lipinski definition) is 1. The molecule has 6 nitrogen and oxygen atoms in total. The zero-order chi connectivity index (χ0) is 23.2. The largest absolute Gasteiger partial charge is 0.467 e. The third-order valence-electron chi connectivity index (χ3n) is 5.24. The molecular weight excluding hydrogens is 442 g/mol. The maximum atomic E-state index is 13.3. The normalized spacial score (nSPS) is 18.8. The molecule has 168 valence electrons. The molecule has 0 saturated carbocycles. The van der Waals surface area contributed by atoms with Crippen molar-refractivity contribution in [3.8, 4) is 0 Å². The number of benzene rings is 2. The smallest absolute Gasteiger partial charge is 0.421 e. The number of esters is 1. The van der Waals surface area contributed by atoms with Crippen LogP contribution in [0.4, 0.5) is 23.2 Å². The van der Waals surface area contributed by atoms with Gasteiger partial charge in [0.2, 0.25) is 0 Å². The minimum atomic E-state index is -4.95. The number of ether oxygens (including phenoxy) is 1. The monoisotopic (exact) mass is 461 g/mol. The van der Waals surface area contributed by atoms with Crippen LogP contribution in [0.5, 0.6) is 0 Å². The van der Waals surface area contributed by atoms with Crippen LogP contribution >= 0.6 is 0 Å². The van der Waals surface area contributed by atoms with Crippen LogP contribution in [0.15, 0.2) is 47.4 Å². The highest BCUT2D eigenvalue weighted by Gasteiger charge is 2.51. The number of aliphatic hydroxyl groups is 1. The van der Waals surface area contributed by atoms with Crippen molar-refractivity contribution in [1.82, 2.24) is 0 Å². The van der Waals surface area contributed by atoms with Crippen molar-refractivity contribution >= 4 is 21.7 Å². The van der Waals surface area contributed by atoms with Crippen molar-refractivity contribution in [2.75, 3.05) is 11.4 Å². The van der Waals surface area contributed by atoms with Gasteiger partial charge in [0.25, 0.3) is 10.0 Å². The molecule has 31 heavy (non-hydrogen) atoms. The van der Waals surface area contributed by atoms with E-state index >= 15 is 0 Å². The number of hydrogen-bond acceptors (Lipinski definition) is 5. The first-order chi connectivity index (χ1) is 14.3. The number of sulfonamides is 1.